The van der Waals surface area contributed by atoms with Crippen molar-refractivity contribution in [3.63, 3.8) is 0 Å². The predicted molar refractivity (Wildman–Crippen MR) is 155 cm³/mol. The molecule has 13 heteroatoms. The molecule has 0 aliphatic rings. The van der Waals surface area contributed by atoms with Crippen molar-refractivity contribution in [2.24, 2.45) is 0 Å². The number of likely N-dealkylation sites (N-methyl/N-ethyl adjacent to an activating group) is 1. The van der Waals surface area contributed by atoms with Crippen LogP contribution in [0.25, 0.3) is 15.2 Å². The maximum absolute atomic E-state index is 14.2. The van der Waals surface area contributed by atoms with Crippen LogP contribution in [0, 0.1) is 18.3 Å². The van der Waals surface area contributed by atoms with Crippen LogP contribution >= 0.6 is 11.3 Å². The predicted octanol–water partition coefficient (Wildman–Crippen LogP) is 3.22. The van der Waals surface area contributed by atoms with Crippen LogP contribution in [0.5, 0.6) is 5.75 Å². The number of nitriles is 1. The molecule has 0 saturated carbocycles. The molecule has 0 N–H and O–H groups in total. The van der Waals surface area contributed by atoms with Crippen LogP contribution < -0.4 is 16.0 Å². The van der Waals surface area contributed by atoms with Gasteiger partial charge in [-0.2, -0.15) is 15.5 Å². The molecule has 0 fully saturated rings. The fourth-order valence-electron chi connectivity index (χ4n) is 4.61. The topological polar surface area (TPSA) is 137 Å². The molecule has 3 aromatic heterocycles. The third-order valence-corrected chi connectivity index (χ3v) is 8.33. The summed E-state index contributed by atoms with van der Waals surface area (Å²) in [6, 6.07) is 8.15. The molecule has 0 aliphatic carbocycles. The molecule has 0 unspecified atom stereocenters. The summed E-state index contributed by atoms with van der Waals surface area (Å²) in [6.45, 7) is 7.16. The second kappa shape index (κ2) is 12.5. The third-order valence-electron chi connectivity index (χ3n) is 7.05. The van der Waals surface area contributed by atoms with Gasteiger partial charge in [0, 0.05) is 24.2 Å². The highest BCUT2D eigenvalue weighted by atomic mass is 32.1. The summed E-state index contributed by atoms with van der Waals surface area (Å²) in [6.07, 6.45) is 2.50. The second-order valence-corrected chi connectivity index (χ2v) is 10.8. The first-order valence-corrected chi connectivity index (χ1v) is 14.0. The van der Waals surface area contributed by atoms with E-state index in [0.717, 1.165) is 4.57 Å². The van der Waals surface area contributed by atoms with Gasteiger partial charge in [-0.1, -0.05) is 29.5 Å². The number of aromatic nitrogens is 5. The Morgan fingerprint density at radius 3 is 2.49 bits per heavy atom. The number of ether oxygens (including phenoxy) is 2. The standard InChI is InChI=1S/C28H33N7O5S/c1-17(2)32(5)24(36)19(4)34-25(37)23-18(3)26(35-30-13-14-31-35)41-27(23)33(28(34)38)16-22(40-15-9-12-29)20-10-7-8-11-21(20)39-6/h7-8,10-11,13-14,17,19,22H,9,15-16H2,1-6H3/t19-,22-/m0/s1. The van der Waals surface area contributed by atoms with Crippen molar-refractivity contribution < 1.29 is 14.3 Å². The van der Waals surface area contributed by atoms with E-state index in [1.165, 1.54) is 38.0 Å². The zero-order chi connectivity index (χ0) is 29.8. The molecule has 0 bridgehead atoms. The van der Waals surface area contributed by atoms with Crippen LogP contribution in [0.15, 0.2) is 46.2 Å². The number of hydrogen-bond donors (Lipinski definition) is 0. The Morgan fingerprint density at radius 2 is 1.85 bits per heavy atom. The van der Waals surface area contributed by atoms with Crippen molar-refractivity contribution in [2.75, 3.05) is 20.8 Å². The van der Waals surface area contributed by atoms with E-state index in [9.17, 15) is 14.4 Å². The molecule has 4 aromatic rings. The number of amides is 1. The third kappa shape index (κ3) is 5.66. The van der Waals surface area contributed by atoms with Crippen LogP contribution in [-0.4, -0.2) is 61.7 Å². The number of rotatable bonds is 11. The Balaban J connectivity index is 1.99. The molecule has 0 spiro atoms. The highest BCUT2D eigenvalue weighted by Gasteiger charge is 2.30. The summed E-state index contributed by atoms with van der Waals surface area (Å²) in [7, 11) is 3.18. The summed E-state index contributed by atoms with van der Waals surface area (Å²) in [5.41, 5.74) is 0.0534. The second-order valence-electron chi connectivity index (χ2n) is 9.83. The van der Waals surface area contributed by atoms with E-state index < -0.39 is 23.4 Å². The average Bonchev–Trinajstić information content (AvgIpc) is 3.61. The molecule has 12 nitrogen and oxygen atoms in total. The lowest BCUT2D eigenvalue weighted by atomic mass is 10.1. The highest BCUT2D eigenvalue weighted by molar-refractivity contribution is 7.21. The smallest absolute Gasteiger partial charge is 0.332 e. The first kappa shape index (κ1) is 29.7. The van der Waals surface area contributed by atoms with Gasteiger partial charge in [0.15, 0.2) is 0 Å². The molecule has 2 atom stereocenters. The summed E-state index contributed by atoms with van der Waals surface area (Å²) < 4.78 is 14.2. The van der Waals surface area contributed by atoms with Gasteiger partial charge in [-0.25, -0.2) is 9.36 Å². The monoisotopic (exact) mass is 579 g/mol. The van der Waals surface area contributed by atoms with Gasteiger partial charge < -0.3 is 14.4 Å². The van der Waals surface area contributed by atoms with Gasteiger partial charge in [0.05, 0.1) is 50.5 Å². The fraction of sp³-hybridized carbons (Fsp3) is 0.429. The van der Waals surface area contributed by atoms with E-state index in [-0.39, 0.29) is 31.5 Å². The van der Waals surface area contributed by atoms with Gasteiger partial charge in [0.2, 0.25) is 5.91 Å². The number of thiophene rings is 1. The summed E-state index contributed by atoms with van der Waals surface area (Å²) in [4.78, 5) is 44.8. The number of hydrogen-bond acceptors (Lipinski definition) is 9. The van der Waals surface area contributed by atoms with Crippen LogP contribution in [0.1, 0.15) is 50.5 Å². The van der Waals surface area contributed by atoms with Gasteiger partial charge in [-0.3, -0.25) is 14.2 Å². The van der Waals surface area contributed by atoms with Crippen molar-refractivity contribution in [3.8, 4) is 16.8 Å². The molecule has 3 heterocycles. The van der Waals surface area contributed by atoms with Gasteiger partial charge in [0.1, 0.15) is 27.7 Å². The largest absolute Gasteiger partial charge is 0.496 e. The fourth-order valence-corrected chi connectivity index (χ4v) is 5.83. The molecule has 41 heavy (non-hydrogen) atoms. The molecule has 1 aromatic carbocycles. The van der Waals surface area contributed by atoms with Gasteiger partial charge in [0.25, 0.3) is 5.56 Å². The molecule has 0 saturated heterocycles. The number of carbonyl (C=O) groups excluding carboxylic acids is 1. The Labute approximate surface area is 240 Å². The maximum Gasteiger partial charge on any atom is 0.332 e. The SMILES string of the molecule is COc1ccccc1[C@H](Cn1c(=O)n([C@@H](C)C(=O)N(C)C(C)C)c(=O)c2c(C)c(-n3nccn3)sc21)OCCC#N. The number of nitrogens with zero attached hydrogens (tertiary/aromatic N) is 7. The van der Waals surface area contributed by atoms with Gasteiger partial charge in [-0.15, -0.1) is 4.80 Å². The Hall–Kier alpha value is -4.28. The zero-order valence-corrected chi connectivity index (χ0v) is 24.7. The van der Waals surface area contributed by atoms with Gasteiger partial charge in [-0.05, 0) is 33.8 Å². The molecular weight excluding hydrogens is 546 g/mol. The number of benzene rings is 1. The van der Waals surface area contributed by atoms with E-state index in [1.54, 1.807) is 34.1 Å². The number of methoxy groups -OCH3 is 1. The van der Waals surface area contributed by atoms with E-state index in [4.69, 9.17) is 14.7 Å². The molecular formula is C28H33N7O5S. The molecule has 1 amide bonds. The van der Waals surface area contributed by atoms with E-state index in [2.05, 4.69) is 16.3 Å². The van der Waals surface area contributed by atoms with Crippen LogP contribution in [0.4, 0.5) is 0 Å². The quantitative estimate of drug-likeness (QED) is 0.247. The van der Waals surface area contributed by atoms with Crippen molar-refractivity contribution in [2.45, 2.75) is 58.8 Å². The van der Waals surface area contributed by atoms with Crippen LogP contribution in [-0.2, 0) is 16.1 Å². The minimum absolute atomic E-state index is 0.00568. The Bertz CT molecular complexity index is 1700. The average molecular weight is 580 g/mol. The minimum Gasteiger partial charge on any atom is -0.496 e. The first-order chi connectivity index (χ1) is 19.6. The summed E-state index contributed by atoms with van der Waals surface area (Å²) in [5, 5.41) is 18.4. The van der Waals surface area contributed by atoms with E-state index in [1.807, 2.05) is 32.0 Å². The van der Waals surface area contributed by atoms with Crippen molar-refractivity contribution in [3.05, 3.63) is 68.6 Å². The normalized spacial score (nSPS) is 12.8. The van der Waals surface area contributed by atoms with Crippen LogP contribution in [0.3, 0.4) is 0 Å². The maximum atomic E-state index is 14.2. The van der Waals surface area contributed by atoms with Crippen molar-refractivity contribution >= 4 is 27.5 Å². The summed E-state index contributed by atoms with van der Waals surface area (Å²) >= 11 is 1.21. The van der Waals surface area contributed by atoms with E-state index >= 15 is 0 Å². The lowest BCUT2D eigenvalue weighted by molar-refractivity contribution is -0.134. The lowest BCUT2D eigenvalue weighted by Crippen LogP contribution is -2.47. The van der Waals surface area contributed by atoms with E-state index in [0.29, 0.717) is 32.1 Å². The molecule has 4 rings (SSSR count). The van der Waals surface area contributed by atoms with Crippen molar-refractivity contribution in [1.82, 2.24) is 29.0 Å². The minimum atomic E-state index is -1.06. The zero-order valence-electron chi connectivity index (χ0n) is 23.9. The first-order valence-electron chi connectivity index (χ1n) is 13.2. The molecule has 216 valence electrons. The number of fused-ring (bicyclic) bond motifs is 1. The highest BCUT2D eigenvalue weighted by Crippen LogP contribution is 2.33. The lowest BCUT2D eigenvalue weighted by Gasteiger charge is -2.26. The molecule has 0 aliphatic heterocycles. The Morgan fingerprint density at radius 1 is 1.17 bits per heavy atom. The number of aryl methyl sites for hydroxylation is 1. The number of para-hydroxylation sites is 1. The Kier molecular flexibility index (Phi) is 9.05. The van der Waals surface area contributed by atoms with Crippen LogP contribution in [0.2, 0.25) is 0 Å². The summed E-state index contributed by atoms with van der Waals surface area (Å²) in [5.74, 6) is 0.191. The van der Waals surface area contributed by atoms with Gasteiger partial charge >= 0.3 is 5.69 Å². The van der Waals surface area contributed by atoms with Crippen molar-refractivity contribution in [1.29, 1.82) is 5.26 Å². The number of carbonyl (C=O) groups is 1. The molecule has 0 radical (unpaired) electrons.